The van der Waals surface area contributed by atoms with Gasteiger partial charge in [0, 0.05) is 6.54 Å². The second kappa shape index (κ2) is 7.55. The molecule has 0 aliphatic carbocycles. The Labute approximate surface area is 101 Å². The summed E-state index contributed by atoms with van der Waals surface area (Å²) in [5.41, 5.74) is -1.05. The quantitative estimate of drug-likeness (QED) is 0.651. The minimum Gasteiger partial charge on any atom is -0.480 e. The third-order valence-corrected chi connectivity index (χ3v) is 2.68. The number of rotatable bonds is 9. The zero-order valence-electron chi connectivity index (χ0n) is 10.7. The molecule has 0 saturated heterocycles. The summed E-state index contributed by atoms with van der Waals surface area (Å²) in [5, 5.41) is 12.1. The fourth-order valence-electron chi connectivity index (χ4n) is 1.41. The van der Waals surface area contributed by atoms with Crippen molar-refractivity contribution in [2.24, 2.45) is 0 Å². The van der Waals surface area contributed by atoms with E-state index in [1.165, 1.54) is 4.90 Å². The molecular weight excluding hydrogens is 230 g/mol. The minimum absolute atomic E-state index is 0.297. The highest BCUT2D eigenvalue weighted by Crippen LogP contribution is 2.11. The van der Waals surface area contributed by atoms with Crippen LogP contribution in [0.1, 0.15) is 26.7 Å². The van der Waals surface area contributed by atoms with E-state index in [2.05, 4.69) is 5.32 Å². The molecule has 0 rings (SSSR count). The second-order valence-corrected chi connectivity index (χ2v) is 4.47. The Morgan fingerprint density at radius 2 is 2.12 bits per heavy atom. The zero-order chi connectivity index (χ0) is 13.5. The number of aliphatic carboxylic acids is 1. The summed E-state index contributed by atoms with van der Waals surface area (Å²) >= 11 is 0. The van der Waals surface area contributed by atoms with Crippen molar-refractivity contribution >= 4 is 5.97 Å². The second-order valence-electron chi connectivity index (χ2n) is 4.47. The van der Waals surface area contributed by atoms with Gasteiger partial charge >= 0.3 is 5.97 Å². The Balaban J connectivity index is 4.21. The molecule has 0 saturated carbocycles. The number of nitrogens with one attached hydrogen (secondary N) is 1. The fourth-order valence-corrected chi connectivity index (χ4v) is 1.41. The largest absolute Gasteiger partial charge is 0.480 e. The predicted molar refractivity (Wildman–Crippen MR) is 62.5 cm³/mol. The summed E-state index contributed by atoms with van der Waals surface area (Å²) in [4.78, 5) is 12.6. The van der Waals surface area contributed by atoms with Gasteiger partial charge in [-0.05, 0) is 33.4 Å². The predicted octanol–water partition coefficient (Wildman–Crippen LogP) is 1.42. The molecule has 0 aromatic heterocycles. The molecule has 6 heteroatoms. The summed E-state index contributed by atoms with van der Waals surface area (Å²) in [6.07, 6.45) is -1.26. The first-order valence-electron chi connectivity index (χ1n) is 5.77. The van der Waals surface area contributed by atoms with Crippen LogP contribution in [-0.4, -0.2) is 54.6 Å². The average molecular weight is 252 g/mol. The van der Waals surface area contributed by atoms with Crippen LogP contribution in [0.3, 0.4) is 0 Å². The van der Waals surface area contributed by atoms with E-state index in [4.69, 9.17) is 5.11 Å². The van der Waals surface area contributed by atoms with Crippen molar-refractivity contribution in [1.82, 2.24) is 10.2 Å². The Bertz CT molecular complexity index is 240. The molecular formula is C11H22F2N2O2. The first kappa shape index (κ1) is 16.2. The molecule has 0 amide bonds. The minimum atomic E-state index is -2.39. The number of halogens is 2. The molecule has 0 aromatic rings. The van der Waals surface area contributed by atoms with Gasteiger partial charge in [-0.25, -0.2) is 8.78 Å². The first-order chi connectivity index (χ1) is 7.81. The van der Waals surface area contributed by atoms with E-state index in [0.717, 1.165) is 6.42 Å². The summed E-state index contributed by atoms with van der Waals surface area (Å²) in [6.45, 7) is 4.12. The van der Waals surface area contributed by atoms with Crippen LogP contribution in [0.2, 0.25) is 0 Å². The Morgan fingerprint density at radius 1 is 1.53 bits per heavy atom. The van der Waals surface area contributed by atoms with Gasteiger partial charge in [0.25, 0.3) is 6.43 Å². The lowest BCUT2D eigenvalue weighted by Gasteiger charge is -2.28. The van der Waals surface area contributed by atoms with E-state index in [9.17, 15) is 13.6 Å². The monoisotopic (exact) mass is 252 g/mol. The van der Waals surface area contributed by atoms with Gasteiger partial charge < -0.3 is 15.3 Å². The van der Waals surface area contributed by atoms with E-state index >= 15 is 0 Å². The summed E-state index contributed by atoms with van der Waals surface area (Å²) in [6, 6.07) is 0. The van der Waals surface area contributed by atoms with Crippen LogP contribution in [0.4, 0.5) is 8.78 Å². The lowest BCUT2D eigenvalue weighted by molar-refractivity contribution is -0.144. The van der Waals surface area contributed by atoms with Gasteiger partial charge in [0.05, 0.1) is 6.54 Å². The van der Waals surface area contributed by atoms with Crippen molar-refractivity contribution in [2.75, 3.05) is 26.7 Å². The van der Waals surface area contributed by atoms with Crippen LogP contribution in [0, 0.1) is 0 Å². The van der Waals surface area contributed by atoms with E-state index in [-0.39, 0.29) is 6.54 Å². The lowest BCUT2D eigenvalue weighted by Crippen LogP contribution is -2.51. The van der Waals surface area contributed by atoms with Gasteiger partial charge in [0.15, 0.2) is 0 Å². The number of carbonyl (C=O) groups is 1. The van der Waals surface area contributed by atoms with E-state index < -0.39 is 17.9 Å². The van der Waals surface area contributed by atoms with Gasteiger partial charge in [0.1, 0.15) is 5.54 Å². The number of carboxylic acids is 1. The maximum absolute atomic E-state index is 12.1. The molecule has 0 aliphatic rings. The molecule has 1 atom stereocenters. The topological polar surface area (TPSA) is 52.6 Å². The average Bonchev–Trinajstić information content (AvgIpc) is 2.22. The molecule has 0 aliphatic heterocycles. The van der Waals surface area contributed by atoms with Crippen molar-refractivity contribution in [2.45, 2.75) is 38.7 Å². The maximum Gasteiger partial charge on any atom is 0.323 e. The zero-order valence-corrected chi connectivity index (χ0v) is 10.7. The van der Waals surface area contributed by atoms with Crippen molar-refractivity contribution in [3.63, 3.8) is 0 Å². The fraction of sp³-hybridized carbons (Fsp3) is 0.909. The third-order valence-electron chi connectivity index (χ3n) is 2.68. The highest BCUT2D eigenvalue weighted by molar-refractivity contribution is 5.78. The van der Waals surface area contributed by atoms with Crippen molar-refractivity contribution in [1.29, 1.82) is 0 Å². The highest BCUT2D eigenvalue weighted by Gasteiger charge is 2.32. The molecule has 0 fully saturated rings. The van der Waals surface area contributed by atoms with Crippen LogP contribution in [0.25, 0.3) is 0 Å². The number of alkyl halides is 2. The molecule has 0 heterocycles. The molecule has 2 N–H and O–H groups in total. The van der Waals surface area contributed by atoms with Crippen LogP contribution in [-0.2, 0) is 4.79 Å². The first-order valence-corrected chi connectivity index (χ1v) is 5.77. The van der Waals surface area contributed by atoms with Gasteiger partial charge in [-0.15, -0.1) is 0 Å². The summed E-state index contributed by atoms with van der Waals surface area (Å²) < 4.78 is 24.2. The highest BCUT2D eigenvalue weighted by atomic mass is 19.3. The smallest absolute Gasteiger partial charge is 0.323 e. The van der Waals surface area contributed by atoms with Gasteiger partial charge in [-0.3, -0.25) is 4.79 Å². The molecule has 0 spiro atoms. The Kier molecular flexibility index (Phi) is 7.22. The Morgan fingerprint density at radius 3 is 2.53 bits per heavy atom. The van der Waals surface area contributed by atoms with Crippen molar-refractivity contribution in [3.8, 4) is 0 Å². The number of hydrogen-bond donors (Lipinski definition) is 2. The van der Waals surface area contributed by atoms with Crippen molar-refractivity contribution in [3.05, 3.63) is 0 Å². The van der Waals surface area contributed by atoms with Crippen LogP contribution in [0.5, 0.6) is 0 Å². The summed E-state index contributed by atoms with van der Waals surface area (Å²) in [7, 11) is 1.56. The van der Waals surface area contributed by atoms with Crippen LogP contribution in [0.15, 0.2) is 0 Å². The molecule has 0 aromatic carbocycles. The van der Waals surface area contributed by atoms with Crippen LogP contribution < -0.4 is 5.32 Å². The number of nitrogens with zero attached hydrogens (tertiary/aromatic N) is 1. The molecule has 4 nitrogen and oxygen atoms in total. The van der Waals surface area contributed by atoms with Gasteiger partial charge in [-0.1, -0.05) is 6.92 Å². The standard InChI is InChI=1S/C11H22F2N2O2/c1-4-6-14-11(2,10(16)17)5-7-15(3)8-9(12)13/h9,14H,4-8H2,1-3H3,(H,16,17). The molecule has 0 bridgehead atoms. The molecule has 0 radical (unpaired) electrons. The molecule has 17 heavy (non-hydrogen) atoms. The van der Waals surface area contributed by atoms with E-state index in [1.54, 1.807) is 14.0 Å². The lowest BCUT2D eigenvalue weighted by atomic mass is 9.97. The number of carboxylic acid groups (broad SMARTS) is 1. The van der Waals surface area contributed by atoms with Crippen molar-refractivity contribution < 1.29 is 18.7 Å². The normalized spacial score (nSPS) is 15.2. The van der Waals surface area contributed by atoms with E-state index in [1.807, 2.05) is 6.92 Å². The maximum atomic E-state index is 12.1. The van der Waals surface area contributed by atoms with Crippen LogP contribution >= 0.6 is 0 Å². The number of hydrogen-bond acceptors (Lipinski definition) is 3. The molecule has 102 valence electrons. The summed E-state index contributed by atoms with van der Waals surface area (Å²) in [5.74, 6) is -0.948. The van der Waals surface area contributed by atoms with Gasteiger partial charge in [-0.2, -0.15) is 0 Å². The SMILES string of the molecule is CCCNC(C)(CCN(C)CC(F)F)C(=O)O. The Hall–Kier alpha value is -0.750. The van der Waals surface area contributed by atoms with E-state index in [0.29, 0.717) is 19.5 Å². The third kappa shape index (κ3) is 6.53. The van der Waals surface area contributed by atoms with Gasteiger partial charge in [0.2, 0.25) is 0 Å². The molecule has 1 unspecified atom stereocenters.